The first-order chi connectivity index (χ1) is 11.3. The SMILES string of the molecule is CC(CNCc1cccc2c1NCCC2)N(C)C(=O)OC(C)(C)C. The average Bonchev–Trinajstić information content (AvgIpc) is 2.52. The first-order valence-electron chi connectivity index (χ1n) is 8.79. The van der Waals surface area contributed by atoms with Crippen LogP contribution in [0.1, 0.15) is 45.2 Å². The molecule has 1 aromatic rings. The lowest BCUT2D eigenvalue weighted by atomic mass is 9.99. The quantitative estimate of drug-likeness (QED) is 0.867. The van der Waals surface area contributed by atoms with Gasteiger partial charge in [-0.05, 0) is 51.7 Å². The second kappa shape index (κ2) is 7.88. The summed E-state index contributed by atoms with van der Waals surface area (Å²) in [6, 6.07) is 6.54. The van der Waals surface area contributed by atoms with Crippen LogP contribution in [0.2, 0.25) is 0 Å². The van der Waals surface area contributed by atoms with Crippen molar-refractivity contribution in [1.29, 1.82) is 0 Å². The molecule has 1 aromatic carbocycles. The predicted octanol–water partition coefficient (Wildman–Crippen LogP) is 3.39. The van der Waals surface area contributed by atoms with Gasteiger partial charge in [0.1, 0.15) is 5.60 Å². The Morgan fingerprint density at radius 1 is 1.42 bits per heavy atom. The van der Waals surface area contributed by atoms with Gasteiger partial charge in [0, 0.05) is 38.4 Å². The fraction of sp³-hybridized carbons (Fsp3) is 0.632. The largest absolute Gasteiger partial charge is 0.444 e. The van der Waals surface area contributed by atoms with Crippen LogP contribution >= 0.6 is 0 Å². The Hall–Kier alpha value is -1.75. The molecule has 5 heteroatoms. The maximum atomic E-state index is 12.1. The number of aryl methyl sites for hydroxylation is 1. The van der Waals surface area contributed by atoms with Gasteiger partial charge in [-0.25, -0.2) is 4.79 Å². The zero-order valence-electron chi connectivity index (χ0n) is 15.6. The summed E-state index contributed by atoms with van der Waals surface area (Å²) < 4.78 is 5.41. The van der Waals surface area contributed by atoms with Crippen molar-refractivity contribution < 1.29 is 9.53 Å². The normalized spacial score (nSPS) is 15.2. The number of carbonyl (C=O) groups excluding carboxylic acids is 1. The van der Waals surface area contributed by atoms with E-state index in [1.165, 1.54) is 23.2 Å². The van der Waals surface area contributed by atoms with Crippen LogP contribution in [0.4, 0.5) is 10.5 Å². The molecule has 0 aromatic heterocycles. The lowest BCUT2D eigenvalue weighted by Crippen LogP contribution is -2.43. The van der Waals surface area contributed by atoms with Crippen molar-refractivity contribution in [2.24, 2.45) is 0 Å². The highest BCUT2D eigenvalue weighted by atomic mass is 16.6. The van der Waals surface area contributed by atoms with E-state index in [4.69, 9.17) is 4.74 Å². The van der Waals surface area contributed by atoms with E-state index >= 15 is 0 Å². The zero-order valence-corrected chi connectivity index (χ0v) is 15.6. The summed E-state index contributed by atoms with van der Waals surface area (Å²) in [7, 11) is 1.78. The van der Waals surface area contributed by atoms with Crippen LogP contribution < -0.4 is 10.6 Å². The molecule has 1 amide bonds. The highest BCUT2D eigenvalue weighted by molar-refractivity contribution is 5.68. The minimum absolute atomic E-state index is 0.0624. The van der Waals surface area contributed by atoms with Crippen molar-refractivity contribution in [3.63, 3.8) is 0 Å². The van der Waals surface area contributed by atoms with Gasteiger partial charge in [-0.3, -0.25) is 0 Å². The highest BCUT2D eigenvalue weighted by Gasteiger charge is 2.22. The number of likely N-dealkylation sites (N-methyl/N-ethyl adjacent to an activating group) is 1. The number of nitrogens with zero attached hydrogens (tertiary/aromatic N) is 1. The summed E-state index contributed by atoms with van der Waals surface area (Å²) in [4.78, 5) is 13.7. The lowest BCUT2D eigenvalue weighted by molar-refractivity contribution is 0.0236. The van der Waals surface area contributed by atoms with Gasteiger partial charge in [-0.1, -0.05) is 18.2 Å². The molecule has 1 atom stereocenters. The second-order valence-electron chi connectivity index (χ2n) is 7.55. The first-order valence-corrected chi connectivity index (χ1v) is 8.79. The molecule has 2 rings (SSSR count). The van der Waals surface area contributed by atoms with E-state index in [9.17, 15) is 4.79 Å². The van der Waals surface area contributed by atoms with Crippen LogP contribution in [0.15, 0.2) is 18.2 Å². The molecule has 1 aliphatic heterocycles. The molecule has 24 heavy (non-hydrogen) atoms. The van der Waals surface area contributed by atoms with Gasteiger partial charge in [-0.15, -0.1) is 0 Å². The number of para-hydroxylation sites is 1. The molecule has 0 spiro atoms. The van der Waals surface area contributed by atoms with E-state index in [2.05, 4.69) is 28.8 Å². The Kier molecular flexibility index (Phi) is 6.10. The van der Waals surface area contributed by atoms with Gasteiger partial charge in [0.2, 0.25) is 0 Å². The standard InChI is InChI=1S/C19H31N3O2/c1-14(22(5)18(23)24-19(2,3)4)12-20-13-16-9-6-8-15-10-7-11-21-17(15)16/h6,8-9,14,20-21H,7,10-13H2,1-5H3. The molecule has 5 nitrogen and oxygen atoms in total. The minimum atomic E-state index is -0.465. The molecule has 0 radical (unpaired) electrons. The maximum absolute atomic E-state index is 12.1. The lowest BCUT2D eigenvalue weighted by Gasteiger charge is -2.29. The maximum Gasteiger partial charge on any atom is 0.410 e. The van der Waals surface area contributed by atoms with Gasteiger partial charge >= 0.3 is 6.09 Å². The zero-order chi connectivity index (χ0) is 17.7. The van der Waals surface area contributed by atoms with Crippen molar-refractivity contribution in [3.8, 4) is 0 Å². The van der Waals surface area contributed by atoms with E-state index in [0.29, 0.717) is 0 Å². The average molecular weight is 333 g/mol. The molecule has 0 fully saturated rings. The fourth-order valence-corrected chi connectivity index (χ4v) is 2.79. The summed E-state index contributed by atoms with van der Waals surface area (Å²) in [5, 5.41) is 6.97. The van der Waals surface area contributed by atoms with Crippen LogP contribution in [0.5, 0.6) is 0 Å². The van der Waals surface area contributed by atoms with Crippen LogP contribution in [-0.2, 0) is 17.7 Å². The Labute approximate surface area is 145 Å². The van der Waals surface area contributed by atoms with Gasteiger partial charge in [0.25, 0.3) is 0 Å². The van der Waals surface area contributed by atoms with Crippen molar-refractivity contribution in [2.75, 3.05) is 25.5 Å². The fourth-order valence-electron chi connectivity index (χ4n) is 2.79. The number of ether oxygens (including phenoxy) is 1. The van der Waals surface area contributed by atoms with Crippen molar-refractivity contribution >= 4 is 11.8 Å². The van der Waals surface area contributed by atoms with Crippen LogP contribution in [-0.4, -0.2) is 42.8 Å². The van der Waals surface area contributed by atoms with Gasteiger partial charge in [0.15, 0.2) is 0 Å². The van der Waals surface area contributed by atoms with E-state index in [0.717, 1.165) is 26.1 Å². The van der Waals surface area contributed by atoms with Crippen molar-refractivity contribution in [2.45, 2.75) is 58.7 Å². The second-order valence-corrected chi connectivity index (χ2v) is 7.55. The number of amides is 1. The number of hydrogen-bond acceptors (Lipinski definition) is 4. The van der Waals surface area contributed by atoms with Crippen LogP contribution in [0, 0.1) is 0 Å². The van der Waals surface area contributed by atoms with E-state index in [1.54, 1.807) is 11.9 Å². The Bertz CT molecular complexity index is 566. The first kappa shape index (κ1) is 18.6. The third-order valence-corrected chi connectivity index (χ3v) is 4.26. The molecule has 2 N–H and O–H groups in total. The molecule has 0 saturated heterocycles. The summed E-state index contributed by atoms with van der Waals surface area (Å²) in [6.07, 6.45) is 2.06. The Balaban J connectivity index is 1.84. The van der Waals surface area contributed by atoms with Gasteiger partial charge in [0.05, 0.1) is 0 Å². The topological polar surface area (TPSA) is 53.6 Å². The smallest absolute Gasteiger partial charge is 0.410 e. The number of fused-ring (bicyclic) bond motifs is 1. The number of anilines is 1. The van der Waals surface area contributed by atoms with E-state index < -0.39 is 5.60 Å². The number of carbonyl (C=O) groups is 1. The molecule has 0 aliphatic carbocycles. The summed E-state index contributed by atoms with van der Waals surface area (Å²) in [5.74, 6) is 0. The number of benzene rings is 1. The summed E-state index contributed by atoms with van der Waals surface area (Å²) in [5.41, 5.74) is 3.51. The minimum Gasteiger partial charge on any atom is -0.444 e. The number of hydrogen-bond donors (Lipinski definition) is 2. The summed E-state index contributed by atoms with van der Waals surface area (Å²) in [6.45, 7) is 10.2. The third-order valence-electron chi connectivity index (χ3n) is 4.26. The predicted molar refractivity (Wildman–Crippen MR) is 98.4 cm³/mol. The van der Waals surface area contributed by atoms with Crippen LogP contribution in [0.25, 0.3) is 0 Å². The van der Waals surface area contributed by atoms with E-state index in [1.807, 2.05) is 27.7 Å². The molecule has 0 bridgehead atoms. The van der Waals surface area contributed by atoms with Gasteiger partial charge in [-0.2, -0.15) is 0 Å². The van der Waals surface area contributed by atoms with Crippen molar-refractivity contribution in [1.82, 2.24) is 10.2 Å². The molecule has 134 valence electrons. The monoisotopic (exact) mass is 333 g/mol. The molecular weight excluding hydrogens is 302 g/mol. The highest BCUT2D eigenvalue weighted by Crippen LogP contribution is 2.25. The van der Waals surface area contributed by atoms with Crippen LogP contribution in [0.3, 0.4) is 0 Å². The molecule has 0 saturated carbocycles. The number of rotatable bonds is 5. The third kappa shape index (κ3) is 5.13. The molecular formula is C19H31N3O2. The molecule has 1 unspecified atom stereocenters. The van der Waals surface area contributed by atoms with Crippen molar-refractivity contribution in [3.05, 3.63) is 29.3 Å². The van der Waals surface area contributed by atoms with E-state index in [-0.39, 0.29) is 12.1 Å². The Morgan fingerprint density at radius 2 is 2.17 bits per heavy atom. The number of nitrogens with one attached hydrogen (secondary N) is 2. The van der Waals surface area contributed by atoms with Gasteiger partial charge < -0.3 is 20.3 Å². The Morgan fingerprint density at radius 3 is 2.88 bits per heavy atom. The summed E-state index contributed by atoms with van der Waals surface area (Å²) >= 11 is 0. The molecule has 1 heterocycles. The molecule has 1 aliphatic rings.